The monoisotopic (exact) mass is 259 g/mol. The van der Waals surface area contributed by atoms with E-state index in [9.17, 15) is 13.2 Å². The molecule has 2 heterocycles. The second kappa shape index (κ2) is 4.99. The number of rotatable bonds is 4. The summed E-state index contributed by atoms with van der Waals surface area (Å²) >= 11 is 0. The van der Waals surface area contributed by atoms with Crippen molar-refractivity contribution in [2.45, 2.75) is 24.0 Å². The zero-order chi connectivity index (χ0) is 12.3. The summed E-state index contributed by atoms with van der Waals surface area (Å²) in [6.07, 6.45) is 2.02. The van der Waals surface area contributed by atoms with Gasteiger partial charge in [-0.05, 0) is 25.0 Å². The van der Waals surface area contributed by atoms with Crippen molar-refractivity contribution >= 4 is 16.3 Å². The topological polar surface area (TPSA) is 85.6 Å². The van der Waals surface area contributed by atoms with Gasteiger partial charge in [0.15, 0.2) is 12.0 Å². The number of sulfonamides is 1. The highest BCUT2D eigenvalue weighted by Gasteiger charge is 2.24. The quantitative estimate of drug-likeness (QED) is 0.798. The largest absolute Gasteiger partial charge is 0.440 e. The molecule has 2 rings (SSSR count). The van der Waals surface area contributed by atoms with E-state index in [1.165, 1.54) is 12.1 Å². The molecule has 1 atom stereocenters. The van der Waals surface area contributed by atoms with Crippen LogP contribution in [-0.4, -0.2) is 34.0 Å². The van der Waals surface area contributed by atoms with Gasteiger partial charge < -0.3 is 9.15 Å². The summed E-state index contributed by atoms with van der Waals surface area (Å²) in [6.45, 7) is 1.02. The third kappa shape index (κ3) is 2.93. The fraction of sp³-hybridized carbons (Fsp3) is 0.500. The van der Waals surface area contributed by atoms with Crippen LogP contribution in [0.3, 0.4) is 0 Å². The number of carbonyl (C=O) groups is 1. The molecule has 6 nitrogen and oxygen atoms in total. The van der Waals surface area contributed by atoms with Crippen molar-refractivity contribution in [1.29, 1.82) is 0 Å². The standard InChI is InChI=1S/C10H13NO5S/c12-6-9-3-4-10(16-9)17(13,14)11-8-2-1-5-15-7-8/h3-4,6,8,11H,1-2,5,7H2. The van der Waals surface area contributed by atoms with Gasteiger partial charge in [0.25, 0.3) is 10.0 Å². The summed E-state index contributed by atoms with van der Waals surface area (Å²) in [4.78, 5) is 10.4. The van der Waals surface area contributed by atoms with Crippen molar-refractivity contribution in [1.82, 2.24) is 4.72 Å². The first-order valence-corrected chi connectivity index (χ1v) is 6.75. The Hall–Kier alpha value is -1.18. The number of hydrogen-bond acceptors (Lipinski definition) is 5. The SMILES string of the molecule is O=Cc1ccc(S(=O)(=O)NC2CCCOC2)o1. The molecular formula is C10H13NO5S. The molecule has 1 fully saturated rings. The minimum absolute atomic E-state index is 0.00901. The maximum atomic E-state index is 11.9. The zero-order valence-electron chi connectivity index (χ0n) is 9.09. The Labute approximate surface area is 99.0 Å². The third-order valence-electron chi connectivity index (χ3n) is 2.47. The normalized spacial score (nSPS) is 21.3. The molecule has 1 aromatic rings. The van der Waals surface area contributed by atoms with E-state index in [0.29, 0.717) is 19.5 Å². The zero-order valence-corrected chi connectivity index (χ0v) is 9.90. The lowest BCUT2D eigenvalue weighted by molar-refractivity contribution is 0.0772. The Morgan fingerprint density at radius 3 is 2.82 bits per heavy atom. The fourth-order valence-corrected chi connectivity index (χ4v) is 2.85. The molecule has 0 spiro atoms. The van der Waals surface area contributed by atoms with E-state index in [1.807, 2.05) is 0 Å². The summed E-state index contributed by atoms with van der Waals surface area (Å²) in [7, 11) is -3.70. The van der Waals surface area contributed by atoms with Crippen LogP contribution in [0.25, 0.3) is 0 Å². The van der Waals surface area contributed by atoms with Gasteiger partial charge in [0.1, 0.15) is 0 Å². The molecule has 0 amide bonds. The average molecular weight is 259 g/mol. The van der Waals surface area contributed by atoms with Gasteiger partial charge in [-0.15, -0.1) is 0 Å². The molecule has 0 bridgehead atoms. The van der Waals surface area contributed by atoms with Gasteiger partial charge in [0.05, 0.1) is 6.61 Å². The van der Waals surface area contributed by atoms with Crippen molar-refractivity contribution in [2.75, 3.05) is 13.2 Å². The van der Waals surface area contributed by atoms with Crippen molar-refractivity contribution in [3.63, 3.8) is 0 Å². The molecule has 0 radical (unpaired) electrons. The minimum atomic E-state index is -3.70. The lowest BCUT2D eigenvalue weighted by Crippen LogP contribution is -2.40. The first-order chi connectivity index (χ1) is 8.12. The van der Waals surface area contributed by atoms with Gasteiger partial charge in [-0.2, -0.15) is 0 Å². The fourth-order valence-electron chi connectivity index (χ4n) is 1.65. The van der Waals surface area contributed by atoms with Gasteiger partial charge in [-0.3, -0.25) is 4.79 Å². The molecule has 1 saturated heterocycles. The summed E-state index contributed by atoms with van der Waals surface area (Å²) < 4.78 is 36.2. The molecule has 0 saturated carbocycles. The maximum Gasteiger partial charge on any atom is 0.274 e. The Morgan fingerprint density at radius 2 is 2.24 bits per heavy atom. The van der Waals surface area contributed by atoms with Crippen LogP contribution >= 0.6 is 0 Å². The van der Waals surface area contributed by atoms with Gasteiger partial charge in [0.2, 0.25) is 5.09 Å². The Morgan fingerprint density at radius 1 is 1.41 bits per heavy atom. The molecule has 1 aliphatic heterocycles. The van der Waals surface area contributed by atoms with Gasteiger partial charge in [-0.25, -0.2) is 13.1 Å². The predicted octanol–water partition coefficient (Wildman–Crippen LogP) is 0.549. The van der Waals surface area contributed by atoms with E-state index in [2.05, 4.69) is 4.72 Å². The van der Waals surface area contributed by atoms with Crippen molar-refractivity contribution in [3.8, 4) is 0 Å². The Balaban J connectivity index is 2.09. The molecule has 1 aliphatic rings. The number of nitrogens with one attached hydrogen (secondary N) is 1. The van der Waals surface area contributed by atoms with Crippen LogP contribution in [0, 0.1) is 0 Å². The van der Waals surface area contributed by atoms with Crippen LogP contribution in [0.1, 0.15) is 23.4 Å². The molecule has 17 heavy (non-hydrogen) atoms. The van der Waals surface area contributed by atoms with Crippen LogP contribution in [0.5, 0.6) is 0 Å². The molecular weight excluding hydrogens is 246 g/mol. The Bertz CT molecular complexity index is 487. The molecule has 94 valence electrons. The van der Waals surface area contributed by atoms with E-state index in [1.54, 1.807) is 0 Å². The number of furan rings is 1. The van der Waals surface area contributed by atoms with Crippen LogP contribution in [-0.2, 0) is 14.8 Å². The minimum Gasteiger partial charge on any atom is -0.440 e. The van der Waals surface area contributed by atoms with Gasteiger partial charge in [-0.1, -0.05) is 0 Å². The first kappa shape index (κ1) is 12.3. The predicted molar refractivity (Wildman–Crippen MR) is 58.3 cm³/mol. The molecule has 0 aliphatic carbocycles. The third-order valence-corrected chi connectivity index (χ3v) is 3.86. The number of hydrogen-bond donors (Lipinski definition) is 1. The van der Waals surface area contributed by atoms with Crippen LogP contribution < -0.4 is 4.72 Å². The summed E-state index contributed by atoms with van der Waals surface area (Å²) in [6, 6.07) is 2.34. The molecule has 1 aromatic heterocycles. The van der Waals surface area contributed by atoms with Gasteiger partial charge in [0, 0.05) is 12.6 Å². The van der Waals surface area contributed by atoms with E-state index in [4.69, 9.17) is 9.15 Å². The van der Waals surface area contributed by atoms with E-state index < -0.39 is 10.0 Å². The second-order valence-electron chi connectivity index (χ2n) is 3.81. The highest BCUT2D eigenvalue weighted by atomic mass is 32.2. The highest BCUT2D eigenvalue weighted by molar-refractivity contribution is 7.89. The molecule has 1 unspecified atom stereocenters. The first-order valence-electron chi connectivity index (χ1n) is 5.27. The van der Waals surface area contributed by atoms with E-state index in [0.717, 1.165) is 12.8 Å². The van der Waals surface area contributed by atoms with Gasteiger partial charge >= 0.3 is 0 Å². The van der Waals surface area contributed by atoms with E-state index in [-0.39, 0.29) is 16.9 Å². The molecule has 1 N–H and O–H groups in total. The summed E-state index contributed by atoms with van der Waals surface area (Å²) in [5.74, 6) is -0.00901. The van der Waals surface area contributed by atoms with E-state index >= 15 is 0 Å². The summed E-state index contributed by atoms with van der Waals surface area (Å²) in [5, 5.41) is -0.245. The highest BCUT2D eigenvalue weighted by Crippen LogP contribution is 2.15. The lowest BCUT2D eigenvalue weighted by Gasteiger charge is -2.22. The maximum absolute atomic E-state index is 11.9. The average Bonchev–Trinajstić information content (AvgIpc) is 2.79. The lowest BCUT2D eigenvalue weighted by atomic mass is 10.1. The van der Waals surface area contributed by atoms with Crippen molar-refractivity contribution in [2.24, 2.45) is 0 Å². The molecule has 0 aromatic carbocycles. The van der Waals surface area contributed by atoms with Crippen LogP contribution in [0.4, 0.5) is 0 Å². The van der Waals surface area contributed by atoms with Crippen LogP contribution in [0.2, 0.25) is 0 Å². The second-order valence-corrected chi connectivity index (χ2v) is 5.45. The molecule has 7 heteroatoms. The Kier molecular flexibility index (Phi) is 3.60. The smallest absolute Gasteiger partial charge is 0.274 e. The number of carbonyl (C=O) groups excluding carboxylic acids is 1. The van der Waals surface area contributed by atoms with Crippen molar-refractivity contribution in [3.05, 3.63) is 17.9 Å². The number of aldehydes is 1. The summed E-state index contributed by atoms with van der Waals surface area (Å²) in [5.41, 5.74) is 0. The van der Waals surface area contributed by atoms with Crippen LogP contribution in [0.15, 0.2) is 21.6 Å². The number of ether oxygens (including phenoxy) is 1. The van der Waals surface area contributed by atoms with Crippen molar-refractivity contribution < 1.29 is 22.4 Å².